The number of amides is 1. The van der Waals surface area contributed by atoms with E-state index in [4.69, 9.17) is 9.47 Å². The first kappa shape index (κ1) is 27.0. The summed E-state index contributed by atoms with van der Waals surface area (Å²) in [6.07, 6.45) is 0.204. The maximum Gasteiger partial charge on any atom is 0.245 e. The highest BCUT2D eigenvalue weighted by molar-refractivity contribution is 8.23. The number of rotatable bonds is 9. The average molecular weight is 573 g/mol. The number of ether oxygens (including phenoxy) is 2. The maximum absolute atomic E-state index is 13.6. The standard InChI is InChI=1S/C26H28N4O7S2/c1-36-18-11-12-22(37-2)24(14-18)39(34,35)29-21(26-27-19-5-3-4-6-20(19)28-26)13-16-7-9-17(10-8-16)23-15-25(31)30-38(23,32)33/h3-12,14,21,23,29,32-33H,13,15H2,1-2H3,(H,27,28)(H,30,31)/t21-,23?/m0/s1. The predicted octanol–water partition coefficient (Wildman–Crippen LogP) is 4.07. The van der Waals surface area contributed by atoms with Crippen molar-refractivity contribution in [2.45, 2.75) is 29.0 Å². The molecule has 206 valence electrons. The zero-order valence-electron chi connectivity index (χ0n) is 21.1. The van der Waals surface area contributed by atoms with E-state index in [1.807, 2.05) is 24.3 Å². The SMILES string of the molecule is COc1ccc(OC)c(S(=O)(=O)N[C@@H](Cc2ccc(C3CC(=O)NS3(O)O)cc2)c2nc3ccccc3[nH]2)c1. The minimum Gasteiger partial charge on any atom is -0.497 e. The normalized spacial score (nSPS) is 18.5. The molecule has 1 aromatic heterocycles. The van der Waals surface area contributed by atoms with Gasteiger partial charge in [-0.15, -0.1) is 10.8 Å². The van der Waals surface area contributed by atoms with Crippen LogP contribution in [0.15, 0.2) is 71.6 Å². The lowest BCUT2D eigenvalue weighted by molar-refractivity contribution is -0.118. The van der Waals surface area contributed by atoms with Crippen molar-refractivity contribution in [3.8, 4) is 11.5 Å². The number of hydrogen-bond donors (Lipinski definition) is 5. The number of nitrogens with one attached hydrogen (secondary N) is 3. The first-order chi connectivity index (χ1) is 18.6. The number of carbonyl (C=O) groups is 1. The van der Waals surface area contributed by atoms with Gasteiger partial charge < -0.3 is 14.5 Å². The van der Waals surface area contributed by atoms with Crippen LogP contribution in [0.4, 0.5) is 0 Å². The number of para-hydroxylation sites is 2. The summed E-state index contributed by atoms with van der Waals surface area (Å²) in [5, 5.41) is -0.746. The minimum absolute atomic E-state index is 0.0224. The summed E-state index contributed by atoms with van der Waals surface area (Å²) >= 11 is 0. The summed E-state index contributed by atoms with van der Waals surface area (Å²) in [5.74, 6) is 0.523. The summed E-state index contributed by atoms with van der Waals surface area (Å²) in [6.45, 7) is 0. The van der Waals surface area contributed by atoms with Gasteiger partial charge in [-0.25, -0.2) is 18.1 Å². The predicted molar refractivity (Wildman–Crippen MR) is 147 cm³/mol. The Morgan fingerprint density at radius 2 is 1.82 bits per heavy atom. The van der Waals surface area contributed by atoms with Gasteiger partial charge in [0.1, 0.15) is 27.5 Å². The van der Waals surface area contributed by atoms with Crippen molar-refractivity contribution in [3.63, 3.8) is 0 Å². The van der Waals surface area contributed by atoms with Gasteiger partial charge in [0.05, 0.1) is 37.7 Å². The summed E-state index contributed by atoms with van der Waals surface area (Å²) in [7, 11) is -4.55. The molecule has 5 rings (SSSR count). The molecule has 1 amide bonds. The van der Waals surface area contributed by atoms with Gasteiger partial charge in [0.25, 0.3) is 0 Å². The van der Waals surface area contributed by atoms with E-state index in [2.05, 4.69) is 19.4 Å². The Hall–Kier alpha value is -3.62. The van der Waals surface area contributed by atoms with Crippen molar-refractivity contribution in [3.05, 3.63) is 83.7 Å². The second-order valence-electron chi connectivity index (χ2n) is 9.09. The number of H-pyrrole nitrogens is 1. The lowest BCUT2D eigenvalue weighted by atomic mass is 10.0. The molecular weight excluding hydrogens is 544 g/mol. The topological polar surface area (TPSA) is 163 Å². The quantitative estimate of drug-likeness (QED) is 0.200. The van der Waals surface area contributed by atoms with Crippen LogP contribution in [0.1, 0.15) is 34.7 Å². The van der Waals surface area contributed by atoms with Crippen LogP contribution in [0.2, 0.25) is 0 Å². The number of methoxy groups -OCH3 is 2. The molecule has 0 spiro atoms. The van der Waals surface area contributed by atoms with Gasteiger partial charge >= 0.3 is 0 Å². The zero-order chi connectivity index (χ0) is 27.8. The molecule has 39 heavy (non-hydrogen) atoms. The number of sulfonamides is 1. The first-order valence-electron chi connectivity index (χ1n) is 11.9. The fourth-order valence-corrected chi connectivity index (χ4v) is 7.42. The Morgan fingerprint density at radius 1 is 1.08 bits per heavy atom. The van der Waals surface area contributed by atoms with E-state index in [1.165, 1.54) is 26.4 Å². The summed E-state index contributed by atoms with van der Waals surface area (Å²) in [6, 6.07) is 18.1. The number of fused-ring (bicyclic) bond motifs is 1. The summed E-state index contributed by atoms with van der Waals surface area (Å²) in [4.78, 5) is 19.5. The molecule has 5 N–H and O–H groups in total. The second kappa shape index (κ2) is 10.5. The Balaban J connectivity index is 1.48. The van der Waals surface area contributed by atoms with E-state index in [0.29, 0.717) is 22.7 Å². The highest BCUT2D eigenvalue weighted by Crippen LogP contribution is 2.56. The van der Waals surface area contributed by atoms with Crippen LogP contribution in [0.25, 0.3) is 11.0 Å². The lowest BCUT2D eigenvalue weighted by Crippen LogP contribution is -2.31. The molecule has 2 heterocycles. The number of imidazole rings is 1. The van der Waals surface area contributed by atoms with E-state index in [9.17, 15) is 22.3 Å². The Labute approximate surface area is 227 Å². The highest BCUT2D eigenvalue weighted by atomic mass is 32.3. The Kier molecular flexibility index (Phi) is 7.27. The van der Waals surface area contributed by atoms with Gasteiger partial charge in [0, 0.05) is 6.07 Å². The van der Waals surface area contributed by atoms with Gasteiger partial charge in [0.15, 0.2) is 0 Å². The molecule has 2 atom stereocenters. The van der Waals surface area contributed by atoms with Gasteiger partial charge in [-0.1, -0.05) is 36.4 Å². The Morgan fingerprint density at radius 3 is 2.46 bits per heavy atom. The average Bonchev–Trinajstić information content (AvgIpc) is 3.47. The third-order valence-corrected chi connectivity index (χ3v) is 9.77. The molecule has 0 radical (unpaired) electrons. The van der Waals surface area contributed by atoms with E-state index < -0.39 is 38.0 Å². The summed E-state index contributed by atoms with van der Waals surface area (Å²) < 4.78 is 63.2. The third kappa shape index (κ3) is 5.58. The largest absolute Gasteiger partial charge is 0.497 e. The molecule has 1 fully saturated rings. The van der Waals surface area contributed by atoms with Crippen molar-refractivity contribution in [2.75, 3.05) is 14.2 Å². The molecule has 1 aliphatic rings. The van der Waals surface area contributed by atoms with Gasteiger partial charge in [-0.3, -0.25) is 18.6 Å². The Bertz CT molecular complexity index is 1590. The van der Waals surface area contributed by atoms with Crippen molar-refractivity contribution in [2.24, 2.45) is 0 Å². The molecule has 4 aromatic rings. The van der Waals surface area contributed by atoms with Gasteiger partial charge in [-0.05, 0) is 41.8 Å². The lowest BCUT2D eigenvalue weighted by Gasteiger charge is -2.32. The molecule has 3 aromatic carbocycles. The fourth-order valence-electron chi connectivity index (χ4n) is 4.55. The van der Waals surface area contributed by atoms with E-state index >= 15 is 0 Å². The van der Waals surface area contributed by atoms with Crippen LogP contribution in [-0.4, -0.2) is 47.6 Å². The molecular formula is C26H28N4O7S2. The van der Waals surface area contributed by atoms with Crippen LogP contribution in [0.3, 0.4) is 0 Å². The van der Waals surface area contributed by atoms with Crippen molar-refractivity contribution < 1.29 is 31.8 Å². The maximum atomic E-state index is 13.6. The van der Waals surface area contributed by atoms with E-state index in [1.54, 1.807) is 30.3 Å². The van der Waals surface area contributed by atoms with Crippen molar-refractivity contribution in [1.82, 2.24) is 19.4 Å². The molecule has 1 aliphatic heterocycles. The molecule has 1 saturated heterocycles. The fraction of sp³-hybridized carbons (Fsp3) is 0.231. The number of hydrogen-bond acceptors (Lipinski definition) is 8. The second-order valence-corrected chi connectivity index (χ2v) is 12.7. The number of aromatic nitrogens is 2. The van der Waals surface area contributed by atoms with Crippen LogP contribution >= 0.6 is 10.8 Å². The van der Waals surface area contributed by atoms with E-state index in [-0.39, 0.29) is 23.5 Å². The molecule has 1 unspecified atom stereocenters. The van der Waals surface area contributed by atoms with Crippen LogP contribution in [0.5, 0.6) is 11.5 Å². The number of aromatic amines is 1. The molecule has 11 nitrogen and oxygen atoms in total. The number of nitrogens with zero attached hydrogens (tertiary/aromatic N) is 1. The summed E-state index contributed by atoms with van der Waals surface area (Å²) in [5.41, 5.74) is 2.81. The highest BCUT2D eigenvalue weighted by Gasteiger charge is 2.38. The van der Waals surface area contributed by atoms with Crippen LogP contribution in [-0.2, 0) is 21.2 Å². The number of benzene rings is 3. The smallest absolute Gasteiger partial charge is 0.245 e. The third-order valence-electron chi connectivity index (χ3n) is 6.52. The molecule has 0 aliphatic carbocycles. The van der Waals surface area contributed by atoms with Crippen LogP contribution in [0, 0.1) is 0 Å². The number of carbonyl (C=O) groups excluding carboxylic acids is 1. The molecule has 0 bridgehead atoms. The zero-order valence-corrected chi connectivity index (χ0v) is 22.8. The first-order valence-corrected chi connectivity index (χ1v) is 15.0. The minimum atomic E-state index is -4.11. The molecule has 0 saturated carbocycles. The van der Waals surface area contributed by atoms with E-state index in [0.717, 1.165) is 11.1 Å². The van der Waals surface area contributed by atoms with Gasteiger partial charge in [0.2, 0.25) is 15.9 Å². The van der Waals surface area contributed by atoms with Crippen molar-refractivity contribution >= 4 is 37.7 Å². The van der Waals surface area contributed by atoms with Gasteiger partial charge in [-0.2, -0.15) is 0 Å². The monoisotopic (exact) mass is 572 g/mol. The van der Waals surface area contributed by atoms with Crippen LogP contribution < -0.4 is 18.9 Å². The molecule has 13 heteroatoms. The van der Waals surface area contributed by atoms with Crippen molar-refractivity contribution in [1.29, 1.82) is 0 Å².